The Kier molecular flexibility index (Phi) is 8.64. The molecule has 0 radical (unpaired) electrons. The number of fused-ring (bicyclic) bond motifs is 1. The first-order valence-corrected chi connectivity index (χ1v) is 17.4. The van der Waals surface area contributed by atoms with Gasteiger partial charge in [-0.25, -0.2) is 0 Å². The highest BCUT2D eigenvalue weighted by atomic mass is 32.2. The Morgan fingerprint density at radius 1 is 0.867 bits per heavy atom. The molecule has 1 amide bonds. The largest absolute Gasteiger partial charge is 0.389 e. The molecule has 3 aromatic carbocycles. The summed E-state index contributed by atoms with van der Waals surface area (Å²) in [6.45, 7) is 5.24. The van der Waals surface area contributed by atoms with E-state index in [1.54, 1.807) is 45.0 Å². The molecule has 15 nitrogen and oxygen atoms in total. The van der Waals surface area contributed by atoms with Gasteiger partial charge in [-0.2, -0.15) is 30.5 Å². The first kappa shape index (κ1) is 33.6. The van der Waals surface area contributed by atoms with E-state index in [4.69, 9.17) is 5.73 Å². The standard InChI is InChI=1S/C26H23N5O10S4/c1-26(2,3)25(32)29-14-6-4-13(5-7-14)22-19(12-27)23(28)42-24(22)31-30-15-8-17-18(20(9-15)44(36,37)38)10-16(43(33,34)35)11-21(17)45(39,40)41/h4-11H,28H2,1-3H3,(H,29,32)(H,33,34,35)(H,36,37,38)(H,39,40,41). The van der Waals surface area contributed by atoms with Crippen LogP contribution < -0.4 is 11.1 Å². The van der Waals surface area contributed by atoms with Crippen LogP contribution in [0.1, 0.15) is 26.3 Å². The maximum absolute atomic E-state index is 12.3. The molecule has 6 N–H and O–H groups in total. The molecule has 0 saturated heterocycles. The minimum atomic E-state index is -5.23. The minimum Gasteiger partial charge on any atom is -0.389 e. The summed E-state index contributed by atoms with van der Waals surface area (Å²) >= 11 is 0.850. The SMILES string of the molecule is CC(C)(C)C(=O)Nc1ccc(-c2c(N=Nc3cc(S(=O)(=O)O)c4cc(S(=O)(=O)O)cc(S(=O)(=O)O)c4c3)sc(N)c2C#N)cc1. The number of nitrogens with one attached hydrogen (secondary N) is 1. The number of benzene rings is 3. The van der Waals surface area contributed by atoms with Crippen molar-refractivity contribution in [1.82, 2.24) is 0 Å². The Morgan fingerprint density at radius 2 is 1.42 bits per heavy atom. The molecule has 0 aliphatic heterocycles. The van der Waals surface area contributed by atoms with Gasteiger partial charge >= 0.3 is 0 Å². The zero-order valence-electron chi connectivity index (χ0n) is 23.4. The van der Waals surface area contributed by atoms with Gasteiger partial charge in [0.05, 0.1) is 16.1 Å². The number of amides is 1. The summed E-state index contributed by atoms with van der Waals surface area (Å²) in [5.74, 6) is -0.228. The van der Waals surface area contributed by atoms with Gasteiger partial charge < -0.3 is 11.1 Å². The van der Waals surface area contributed by atoms with Crippen molar-refractivity contribution in [2.45, 2.75) is 35.5 Å². The summed E-state index contributed by atoms with van der Waals surface area (Å²) in [4.78, 5) is 9.14. The molecule has 4 rings (SSSR count). The van der Waals surface area contributed by atoms with Gasteiger partial charge in [0.2, 0.25) is 5.91 Å². The van der Waals surface area contributed by atoms with Crippen molar-refractivity contribution in [2.75, 3.05) is 11.1 Å². The number of anilines is 2. The summed E-state index contributed by atoms with van der Waals surface area (Å²) in [6, 6.07) is 11.0. The Bertz CT molecular complexity index is 2280. The van der Waals surface area contributed by atoms with E-state index in [0.717, 1.165) is 23.5 Å². The lowest BCUT2D eigenvalue weighted by Gasteiger charge is -2.17. The number of nitrogens with zero attached hydrogens (tertiary/aromatic N) is 3. The van der Waals surface area contributed by atoms with E-state index in [1.807, 2.05) is 6.07 Å². The van der Waals surface area contributed by atoms with Crippen molar-refractivity contribution in [3.05, 3.63) is 54.1 Å². The predicted octanol–water partition coefficient (Wildman–Crippen LogP) is 5.16. The molecule has 0 unspecified atom stereocenters. The summed E-state index contributed by atoms with van der Waals surface area (Å²) in [6.07, 6.45) is 0. The molecule has 0 spiro atoms. The van der Waals surface area contributed by atoms with Crippen LogP contribution in [0.2, 0.25) is 0 Å². The van der Waals surface area contributed by atoms with E-state index in [1.165, 1.54) is 0 Å². The average molecular weight is 694 g/mol. The van der Waals surface area contributed by atoms with Gasteiger partial charge in [0.25, 0.3) is 30.4 Å². The summed E-state index contributed by atoms with van der Waals surface area (Å²) in [5.41, 5.74) is 6.22. The monoisotopic (exact) mass is 693 g/mol. The van der Waals surface area contributed by atoms with E-state index >= 15 is 0 Å². The third kappa shape index (κ3) is 7.18. The van der Waals surface area contributed by atoms with Crippen molar-refractivity contribution in [1.29, 1.82) is 5.26 Å². The van der Waals surface area contributed by atoms with Gasteiger partial charge in [-0.1, -0.05) is 44.2 Å². The number of thiophene rings is 1. The molecule has 0 aliphatic carbocycles. The lowest BCUT2D eigenvalue weighted by atomic mass is 9.95. The molecule has 0 bridgehead atoms. The number of nitrogen functional groups attached to an aromatic ring is 1. The van der Waals surface area contributed by atoms with Gasteiger partial charge in [0, 0.05) is 27.4 Å². The van der Waals surface area contributed by atoms with Crippen LogP contribution in [0, 0.1) is 16.7 Å². The van der Waals surface area contributed by atoms with Gasteiger partial charge in [0.1, 0.15) is 25.9 Å². The third-order valence-corrected chi connectivity index (χ3v) is 9.73. The Hall–Kier alpha value is -4.29. The second kappa shape index (κ2) is 11.6. The highest BCUT2D eigenvalue weighted by molar-refractivity contribution is 7.87. The van der Waals surface area contributed by atoms with Crippen molar-refractivity contribution in [2.24, 2.45) is 15.6 Å². The van der Waals surface area contributed by atoms with Crippen LogP contribution in [0.5, 0.6) is 0 Å². The van der Waals surface area contributed by atoms with E-state index < -0.39 is 61.2 Å². The zero-order valence-corrected chi connectivity index (χ0v) is 26.6. The lowest BCUT2D eigenvalue weighted by molar-refractivity contribution is -0.123. The third-order valence-electron chi connectivity index (χ3n) is 6.20. The van der Waals surface area contributed by atoms with Crippen molar-refractivity contribution in [3.8, 4) is 17.2 Å². The maximum Gasteiger partial charge on any atom is 0.295 e. The first-order chi connectivity index (χ1) is 20.6. The fraction of sp³-hybridized carbons (Fsp3) is 0.154. The molecule has 0 atom stereocenters. The van der Waals surface area contributed by atoms with E-state index in [2.05, 4.69) is 15.5 Å². The molecule has 0 saturated carbocycles. The Morgan fingerprint density at radius 3 is 1.93 bits per heavy atom. The van der Waals surface area contributed by atoms with Crippen molar-refractivity contribution < 1.29 is 43.7 Å². The minimum absolute atomic E-state index is 0.0453. The molecule has 0 aliphatic rings. The second-order valence-corrected chi connectivity index (χ2v) is 15.7. The average Bonchev–Trinajstić information content (AvgIpc) is 3.23. The number of nitriles is 1. The van der Waals surface area contributed by atoms with Crippen LogP contribution in [0.15, 0.2) is 73.4 Å². The van der Waals surface area contributed by atoms with Crippen LogP contribution in [0.25, 0.3) is 21.9 Å². The molecule has 1 heterocycles. The van der Waals surface area contributed by atoms with Crippen molar-refractivity contribution in [3.63, 3.8) is 0 Å². The molecule has 19 heteroatoms. The smallest absolute Gasteiger partial charge is 0.295 e. The summed E-state index contributed by atoms with van der Waals surface area (Å²) < 4.78 is 101. The first-order valence-electron chi connectivity index (χ1n) is 12.3. The van der Waals surface area contributed by atoms with Gasteiger partial charge in [-0.15, -0.1) is 10.2 Å². The zero-order chi connectivity index (χ0) is 33.7. The molecular weight excluding hydrogens is 671 g/mol. The maximum atomic E-state index is 12.3. The van der Waals surface area contributed by atoms with Crippen LogP contribution in [0.3, 0.4) is 0 Å². The predicted molar refractivity (Wildman–Crippen MR) is 165 cm³/mol. The number of carbonyl (C=O) groups is 1. The van der Waals surface area contributed by atoms with Crippen LogP contribution >= 0.6 is 11.3 Å². The fourth-order valence-electron chi connectivity index (χ4n) is 4.02. The van der Waals surface area contributed by atoms with E-state index in [-0.39, 0.29) is 32.7 Å². The molecular formula is C26H23N5O10S4. The number of carbonyl (C=O) groups excluding carboxylic acids is 1. The number of azo groups is 1. The number of hydrogen-bond donors (Lipinski definition) is 5. The molecule has 0 fully saturated rings. The lowest BCUT2D eigenvalue weighted by Crippen LogP contribution is -2.27. The number of nitrogens with two attached hydrogens (primary N) is 1. The van der Waals surface area contributed by atoms with Crippen molar-refractivity contribution >= 4 is 79.7 Å². The van der Waals surface area contributed by atoms with Crippen LogP contribution in [-0.2, 0) is 35.1 Å². The van der Waals surface area contributed by atoms with Gasteiger partial charge in [0.15, 0.2) is 0 Å². The van der Waals surface area contributed by atoms with E-state index in [0.29, 0.717) is 23.4 Å². The Balaban J connectivity index is 1.89. The quantitative estimate of drug-likeness (QED) is 0.124. The summed E-state index contributed by atoms with van der Waals surface area (Å²) in [7, 11) is -15.5. The highest BCUT2D eigenvalue weighted by Crippen LogP contribution is 2.45. The Labute approximate surface area is 261 Å². The van der Waals surface area contributed by atoms with Gasteiger partial charge in [-0.3, -0.25) is 18.5 Å². The number of hydrogen-bond acceptors (Lipinski definition) is 12. The van der Waals surface area contributed by atoms with Crippen LogP contribution in [0.4, 0.5) is 21.4 Å². The fourth-order valence-corrected chi connectivity index (χ4v) is 6.93. The van der Waals surface area contributed by atoms with E-state index in [9.17, 15) is 49.0 Å². The second-order valence-electron chi connectivity index (χ2n) is 10.5. The normalized spacial score (nSPS) is 12.8. The molecule has 1 aromatic heterocycles. The number of rotatable bonds is 7. The van der Waals surface area contributed by atoms with Crippen LogP contribution in [-0.4, -0.2) is 44.8 Å². The molecule has 236 valence electrons. The van der Waals surface area contributed by atoms with Gasteiger partial charge in [-0.05, 0) is 42.0 Å². The highest BCUT2D eigenvalue weighted by Gasteiger charge is 2.26. The summed E-state index contributed by atoms with van der Waals surface area (Å²) in [5, 5.41) is 19.4. The molecule has 45 heavy (non-hydrogen) atoms. The molecule has 4 aromatic rings. The topological polar surface area (TPSA) is 267 Å².